The number of amides is 2. The Morgan fingerprint density at radius 1 is 1.17 bits per heavy atom. The van der Waals surface area contributed by atoms with Crippen LogP contribution in [0.2, 0.25) is 5.02 Å². The molecule has 10 heteroatoms. The van der Waals surface area contributed by atoms with E-state index in [9.17, 15) is 9.59 Å². The van der Waals surface area contributed by atoms with Crippen LogP contribution in [-0.2, 0) is 9.59 Å². The molecule has 0 N–H and O–H groups in total. The van der Waals surface area contributed by atoms with Crippen molar-refractivity contribution in [3.05, 3.63) is 29.3 Å². The Bertz CT molecular complexity index is 914. The van der Waals surface area contributed by atoms with Gasteiger partial charge >= 0.3 is 0 Å². The highest BCUT2D eigenvalue weighted by atomic mass is 35.5. The standard InChI is InChI=1S/C20H25ClN6O2S/c1-24(19-22-23-20(30-19)27-8-3-2-7-17(27)28)14-18(29)26-11-9-25(10-12-26)16-6-4-5-15(21)13-16/h4-6,13H,2-3,7-12,14H2,1H3. The molecule has 2 fully saturated rings. The van der Waals surface area contributed by atoms with Gasteiger partial charge in [0, 0.05) is 56.9 Å². The van der Waals surface area contributed by atoms with Gasteiger partial charge in [-0.25, -0.2) is 0 Å². The summed E-state index contributed by atoms with van der Waals surface area (Å²) in [5.41, 5.74) is 1.08. The number of likely N-dealkylation sites (N-methyl/N-ethyl adjacent to an activating group) is 1. The number of nitrogens with zero attached hydrogens (tertiary/aromatic N) is 6. The van der Waals surface area contributed by atoms with Crippen molar-refractivity contribution in [1.29, 1.82) is 0 Å². The average Bonchev–Trinajstić information content (AvgIpc) is 3.24. The lowest BCUT2D eigenvalue weighted by Gasteiger charge is -2.36. The van der Waals surface area contributed by atoms with Gasteiger partial charge in [0.25, 0.3) is 0 Å². The molecule has 1 aromatic carbocycles. The van der Waals surface area contributed by atoms with Crippen molar-refractivity contribution in [2.45, 2.75) is 19.3 Å². The third-order valence-electron chi connectivity index (χ3n) is 5.46. The molecule has 4 rings (SSSR count). The largest absolute Gasteiger partial charge is 0.368 e. The molecule has 0 unspecified atom stereocenters. The predicted octanol–water partition coefficient (Wildman–Crippen LogP) is 2.49. The Balaban J connectivity index is 1.30. The maximum Gasteiger partial charge on any atom is 0.242 e. The van der Waals surface area contributed by atoms with Crippen molar-refractivity contribution in [1.82, 2.24) is 15.1 Å². The molecule has 8 nitrogen and oxygen atoms in total. The first-order valence-corrected chi connectivity index (χ1v) is 11.3. The molecule has 0 bridgehead atoms. The Hall–Kier alpha value is -2.39. The van der Waals surface area contributed by atoms with Crippen LogP contribution in [0, 0.1) is 0 Å². The Labute approximate surface area is 185 Å². The monoisotopic (exact) mass is 448 g/mol. The fraction of sp³-hybridized carbons (Fsp3) is 0.500. The molecule has 160 valence electrons. The zero-order chi connectivity index (χ0) is 21.1. The number of rotatable bonds is 5. The molecule has 30 heavy (non-hydrogen) atoms. The van der Waals surface area contributed by atoms with Crippen molar-refractivity contribution in [3.63, 3.8) is 0 Å². The fourth-order valence-corrected chi connectivity index (χ4v) is 4.77. The zero-order valence-corrected chi connectivity index (χ0v) is 18.5. The minimum Gasteiger partial charge on any atom is -0.368 e. The second-order valence-corrected chi connectivity index (χ2v) is 8.94. The summed E-state index contributed by atoms with van der Waals surface area (Å²) in [5, 5.41) is 10.3. The number of piperazine rings is 1. The van der Waals surface area contributed by atoms with E-state index in [0.29, 0.717) is 36.3 Å². The maximum absolute atomic E-state index is 12.8. The summed E-state index contributed by atoms with van der Waals surface area (Å²) in [5.74, 6) is 0.161. The van der Waals surface area contributed by atoms with Gasteiger partial charge in [-0.15, -0.1) is 10.2 Å². The summed E-state index contributed by atoms with van der Waals surface area (Å²) < 4.78 is 0. The van der Waals surface area contributed by atoms with Gasteiger partial charge in [-0.2, -0.15) is 0 Å². The van der Waals surface area contributed by atoms with Gasteiger partial charge in [0.1, 0.15) is 0 Å². The van der Waals surface area contributed by atoms with E-state index in [-0.39, 0.29) is 18.4 Å². The average molecular weight is 449 g/mol. The molecule has 0 aliphatic carbocycles. The highest BCUT2D eigenvalue weighted by molar-refractivity contribution is 7.19. The van der Waals surface area contributed by atoms with Crippen molar-refractivity contribution in [3.8, 4) is 0 Å². The van der Waals surface area contributed by atoms with Gasteiger partial charge in [-0.05, 0) is 31.0 Å². The molecular weight excluding hydrogens is 424 g/mol. The molecule has 0 atom stereocenters. The summed E-state index contributed by atoms with van der Waals surface area (Å²) in [6.07, 6.45) is 2.47. The van der Waals surface area contributed by atoms with Crippen molar-refractivity contribution < 1.29 is 9.59 Å². The summed E-state index contributed by atoms with van der Waals surface area (Å²) in [6.45, 7) is 3.81. The Kier molecular flexibility index (Phi) is 6.38. The molecule has 0 radical (unpaired) electrons. The molecular formula is C20H25ClN6O2S. The Morgan fingerprint density at radius 2 is 1.97 bits per heavy atom. The van der Waals surface area contributed by atoms with Crippen molar-refractivity contribution in [2.75, 3.05) is 61.0 Å². The van der Waals surface area contributed by atoms with Gasteiger partial charge < -0.3 is 14.7 Å². The normalized spacial score (nSPS) is 17.4. The summed E-state index contributed by atoms with van der Waals surface area (Å²) in [4.78, 5) is 32.5. The lowest BCUT2D eigenvalue weighted by Crippen LogP contribution is -2.51. The topological polar surface area (TPSA) is 72.9 Å². The van der Waals surface area contributed by atoms with Gasteiger partial charge in [-0.1, -0.05) is 29.0 Å². The van der Waals surface area contributed by atoms with Crippen LogP contribution in [0.4, 0.5) is 16.0 Å². The summed E-state index contributed by atoms with van der Waals surface area (Å²) >= 11 is 7.45. The third-order valence-corrected chi connectivity index (χ3v) is 6.76. The number of hydrogen-bond acceptors (Lipinski definition) is 7. The number of carbonyl (C=O) groups is 2. The van der Waals surface area contributed by atoms with Crippen LogP contribution in [0.3, 0.4) is 0 Å². The molecule has 2 aromatic rings. The SMILES string of the molecule is CN(CC(=O)N1CCN(c2cccc(Cl)c2)CC1)c1nnc(N2CCCCC2=O)s1. The number of halogens is 1. The molecule has 0 saturated carbocycles. The van der Waals surface area contributed by atoms with E-state index in [1.54, 1.807) is 9.80 Å². The second kappa shape index (κ2) is 9.18. The lowest BCUT2D eigenvalue weighted by atomic mass is 10.1. The van der Waals surface area contributed by atoms with Crippen LogP contribution in [0.25, 0.3) is 0 Å². The lowest BCUT2D eigenvalue weighted by molar-refractivity contribution is -0.130. The smallest absolute Gasteiger partial charge is 0.242 e. The predicted molar refractivity (Wildman–Crippen MR) is 120 cm³/mol. The number of piperidine rings is 1. The number of carbonyl (C=O) groups excluding carboxylic acids is 2. The van der Waals surface area contributed by atoms with Crippen LogP contribution in [0.15, 0.2) is 24.3 Å². The van der Waals surface area contributed by atoms with E-state index in [0.717, 1.165) is 36.6 Å². The first-order chi connectivity index (χ1) is 14.5. The van der Waals surface area contributed by atoms with E-state index in [1.165, 1.54) is 11.3 Å². The number of hydrogen-bond donors (Lipinski definition) is 0. The van der Waals surface area contributed by atoms with Crippen molar-refractivity contribution in [2.24, 2.45) is 0 Å². The zero-order valence-electron chi connectivity index (χ0n) is 17.0. The maximum atomic E-state index is 12.8. The summed E-state index contributed by atoms with van der Waals surface area (Å²) in [7, 11) is 1.84. The van der Waals surface area contributed by atoms with Gasteiger partial charge in [-0.3, -0.25) is 14.5 Å². The second-order valence-electron chi connectivity index (χ2n) is 7.57. The van der Waals surface area contributed by atoms with Crippen LogP contribution in [0.1, 0.15) is 19.3 Å². The van der Waals surface area contributed by atoms with Crippen LogP contribution in [0.5, 0.6) is 0 Å². The molecule has 2 saturated heterocycles. The van der Waals surface area contributed by atoms with E-state index in [2.05, 4.69) is 15.1 Å². The van der Waals surface area contributed by atoms with Gasteiger partial charge in [0.05, 0.1) is 6.54 Å². The Morgan fingerprint density at radius 3 is 2.70 bits per heavy atom. The van der Waals surface area contributed by atoms with E-state index in [4.69, 9.17) is 11.6 Å². The van der Waals surface area contributed by atoms with E-state index < -0.39 is 0 Å². The molecule has 0 spiro atoms. The van der Waals surface area contributed by atoms with Crippen molar-refractivity contribution >= 4 is 50.7 Å². The van der Waals surface area contributed by atoms with Crippen LogP contribution < -0.4 is 14.7 Å². The number of benzene rings is 1. The van der Waals surface area contributed by atoms with Gasteiger partial charge in [0.15, 0.2) is 0 Å². The van der Waals surface area contributed by atoms with E-state index in [1.807, 2.05) is 36.2 Å². The first kappa shape index (κ1) is 20.9. The highest BCUT2D eigenvalue weighted by Gasteiger charge is 2.26. The number of aromatic nitrogens is 2. The molecule has 2 aliphatic heterocycles. The molecule has 2 aliphatic rings. The summed E-state index contributed by atoms with van der Waals surface area (Å²) in [6, 6.07) is 7.79. The molecule has 3 heterocycles. The quantitative estimate of drug-likeness (QED) is 0.699. The minimum absolute atomic E-state index is 0.0639. The van der Waals surface area contributed by atoms with Crippen LogP contribution >= 0.6 is 22.9 Å². The minimum atomic E-state index is 0.0639. The highest BCUT2D eigenvalue weighted by Crippen LogP contribution is 2.29. The van der Waals surface area contributed by atoms with Gasteiger partial charge in [0.2, 0.25) is 22.1 Å². The van der Waals surface area contributed by atoms with Crippen LogP contribution in [-0.4, -0.2) is 73.2 Å². The molecule has 1 aromatic heterocycles. The fourth-order valence-electron chi connectivity index (χ4n) is 3.74. The molecule has 2 amide bonds. The third kappa shape index (κ3) is 4.67. The first-order valence-electron chi connectivity index (χ1n) is 10.1. The number of anilines is 3. The van der Waals surface area contributed by atoms with E-state index >= 15 is 0 Å².